The number of rotatable bonds is 9. The number of halogens is 1. The highest BCUT2D eigenvalue weighted by molar-refractivity contribution is 7.92. The van der Waals surface area contributed by atoms with Crippen molar-refractivity contribution in [1.82, 2.24) is 9.88 Å². The van der Waals surface area contributed by atoms with Crippen molar-refractivity contribution in [1.29, 1.82) is 0 Å². The van der Waals surface area contributed by atoms with Gasteiger partial charge in [-0.2, -0.15) is 0 Å². The van der Waals surface area contributed by atoms with Crippen LogP contribution in [0.1, 0.15) is 37.4 Å². The number of hydrogen-bond acceptors (Lipinski definition) is 7. The molecule has 1 aliphatic heterocycles. The molecule has 10 nitrogen and oxygen atoms in total. The Kier molecular flexibility index (Phi) is 7.26. The van der Waals surface area contributed by atoms with E-state index in [1.165, 1.54) is 24.2 Å². The summed E-state index contributed by atoms with van der Waals surface area (Å²) in [6.45, 7) is -0.111. The number of aromatic carboxylic acids is 1. The van der Waals surface area contributed by atoms with Crippen molar-refractivity contribution in [2.75, 3.05) is 24.7 Å². The predicted octanol–water partition coefficient (Wildman–Crippen LogP) is 4.21. The molecule has 1 amide bonds. The number of benzene rings is 3. The van der Waals surface area contributed by atoms with Crippen LogP contribution in [0.4, 0.5) is 10.1 Å². The average molecular weight is 580 g/mol. The molecule has 12 heteroatoms. The van der Waals surface area contributed by atoms with Crippen LogP contribution in [-0.2, 0) is 29.7 Å². The molecule has 0 bridgehead atoms. The van der Waals surface area contributed by atoms with Gasteiger partial charge in [-0.05, 0) is 47.5 Å². The molecule has 0 saturated carbocycles. The van der Waals surface area contributed by atoms with Gasteiger partial charge in [0.1, 0.15) is 23.7 Å². The maximum Gasteiger partial charge on any atom is 0.336 e. The number of methoxy groups -OCH3 is 1. The fourth-order valence-electron chi connectivity index (χ4n) is 4.88. The SMILES string of the molecule is COc1ccc(COc2c3c(c(N(C)S(C)(=O)=O)c4cccnc24)CN(Cc2ccc(F)cc2C(=O)O)C3=O)cc1. The second-order valence-electron chi connectivity index (χ2n) is 9.57. The number of carbonyl (C=O) groups is 2. The van der Waals surface area contributed by atoms with E-state index in [-0.39, 0.29) is 47.8 Å². The lowest BCUT2D eigenvalue weighted by Gasteiger charge is -2.23. The molecule has 0 fully saturated rings. The van der Waals surface area contributed by atoms with Crippen molar-refractivity contribution in [2.45, 2.75) is 19.7 Å². The van der Waals surface area contributed by atoms with E-state index in [9.17, 15) is 27.5 Å². The molecule has 0 atom stereocenters. The Hall–Kier alpha value is -4.71. The number of amides is 1. The van der Waals surface area contributed by atoms with Crippen LogP contribution in [0.15, 0.2) is 60.8 Å². The van der Waals surface area contributed by atoms with Gasteiger partial charge in [0, 0.05) is 37.3 Å². The third-order valence-electron chi connectivity index (χ3n) is 6.96. The van der Waals surface area contributed by atoms with Crippen molar-refractivity contribution in [2.24, 2.45) is 0 Å². The van der Waals surface area contributed by atoms with Gasteiger partial charge in [0.15, 0.2) is 5.75 Å². The maximum atomic E-state index is 13.9. The number of carboxylic acid groups (broad SMARTS) is 1. The zero-order valence-corrected chi connectivity index (χ0v) is 23.2. The summed E-state index contributed by atoms with van der Waals surface area (Å²) in [6.07, 6.45) is 2.58. The molecule has 0 radical (unpaired) electrons. The minimum Gasteiger partial charge on any atom is -0.497 e. The van der Waals surface area contributed by atoms with E-state index in [0.29, 0.717) is 22.2 Å². The Morgan fingerprint density at radius 1 is 1.17 bits per heavy atom. The lowest BCUT2D eigenvalue weighted by molar-refractivity contribution is 0.0685. The van der Waals surface area contributed by atoms with Crippen molar-refractivity contribution < 1.29 is 37.0 Å². The summed E-state index contributed by atoms with van der Waals surface area (Å²) in [5, 5.41) is 10.1. The molecule has 3 aromatic carbocycles. The maximum absolute atomic E-state index is 13.9. The predicted molar refractivity (Wildman–Crippen MR) is 149 cm³/mol. The van der Waals surface area contributed by atoms with Crippen molar-refractivity contribution >= 4 is 38.5 Å². The Morgan fingerprint density at radius 2 is 1.90 bits per heavy atom. The molecular formula is C29H26FN3O7S. The van der Waals surface area contributed by atoms with Gasteiger partial charge < -0.3 is 19.5 Å². The minimum absolute atomic E-state index is 0.0382. The minimum atomic E-state index is -3.76. The summed E-state index contributed by atoms with van der Waals surface area (Å²) in [7, 11) is -0.803. The van der Waals surface area contributed by atoms with Crippen LogP contribution >= 0.6 is 0 Å². The summed E-state index contributed by atoms with van der Waals surface area (Å²) in [5.74, 6) is -1.70. The van der Waals surface area contributed by atoms with Gasteiger partial charge in [-0.3, -0.25) is 14.1 Å². The Morgan fingerprint density at radius 3 is 2.56 bits per heavy atom. The van der Waals surface area contributed by atoms with E-state index in [2.05, 4.69) is 4.98 Å². The molecule has 212 valence electrons. The monoisotopic (exact) mass is 579 g/mol. The van der Waals surface area contributed by atoms with E-state index in [4.69, 9.17) is 9.47 Å². The molecule has 2 heterocycles. The molecule has 5 rings (SSSR count). The van der Waals surface area contributed by atoms with Crippen LogP contribution in [-0.4, -0.2) is 55.7 Å². The number of aromatic nitrogens is 1. The summed E-state index contributed by atoms with van der Waals surface area (Å²) >= 11 is 0. The number of hydrogen-bond donors (Lipinski definition) is 1. The average Bonchev–Trinajstić information content (AvgIpc) is 3.26. The van der Waals surface area contributed by atoms with Gasteiger partial charge in [-0.1, -0.05) is 18.2 Å². The van der Waals surface area contributed by atoms with Crippen LogP contribution in [0.2, 0.25) is 0 Å². The van der Waals surface area contributed by atoms with Gasteiger partial charge in [-0.25, -0.2) is 17.6 Å². The molecule has 0 unspecified atom stereocenters. The first-order valence-corrected chi connectivity index (χ1v) is 14.3. The molecule has 1 N–H and O–H groups in total. The van der Waals surface area contributed by atoms with Crippen LogP contribution in [0.25, 0.3) is 10.9 Å². The van der Waals surface area contributed by atoms with E-state index in [1.807, 2.05) is 12.1 Å². The topological polar surface area (TPSA) is 126 Å². The van der Waals surface area contributed by atoms with Crippen LogP contribution in [0.5, 0.6) is 11.5 Å². The summed E-state index contributed by atoms with van der Waals surface area (Å²) in [5.41, 5.74) is 1.85. The normalized spacial score (nSPS) is 12.9. The zero-order valence-electron chi connectivity index (χ0n) is 22.4. The second kappa shape index (κ2) is 10.7. The van der Waals surface area contributed by atoms with Gasteiger partial charge in [0.25, 0.3) is 5.91 Å². The molecule has 0 aliphatic carbocycles. The third-order valence-corrected chi connectivity index (χ3v) is 8.14. The molecule has 4 aromatic rings. The van der Waals surface area contributed by atoms with Gasteiger partial charge in [-0.15, -0.1) is 0 Å². The highest BCUT2D eigenvalue weighted by atomic mass is 32.2. The molecule has 1 aliphatic rings. The number of sulfonamides is 1. The van der Waals surface area contributed by atoms with Crippen LogP contribution < -0.4 is 13.8 Å². The summed E-state index contributed by atoms with van der Waals surface area (Å²) < 4.78 is 51.7. The van der Waals surface area contributed by atoms with Crippen LogP contribution in [0.3, 0.4) is 0 Å². The molecule has 0 spiro atoms. The van der Waals surface area contributed by atoms with Gasteiger partial charge in [0.05, 0.1) is 30.2 Å². The summed E-state index contributed by atoms with van der Waals surface area (Å²) in [6, 6.07) is 13.9. The number of pyridine rings is 1. The van der Waals surface area contributed by atoms with Crippen molar-refractivity contribution in [3.8, 4) is 11.5 Å². The first-order chi connectivity index (χ1) is 19.5. The number of carboxylic acids is 1. The van der Waals surface area contributed by atoms with Gasteiger partial charge >= 0.3 is 5.97 Å². The first kappa shape index (κ1) is 27.8. The van der Waals surface area contributed by atoms with E-state index < -0.39 is 27.7 Å². The number of ether oxygens (including phenoxy) is 2. The number of carbonyl (C=O) groups excluding carboxylic acids is 1. The number of anilines is 1. The quantitative estimate of drug-likeness (QED) is 0.313. The van der Waals surface area contributed by atoms with Crippen molar-refractivity contribution in [3.05, 3.63) is 94.4 Å². The Labute approximate surface area is 235 Å². The lowest BCUT2D eigenvalue weighted by Crippen LogP contribution is -2.27. The highest BCUT2D eigenvalue weighted by Gasteiger charge is 2.38. The fraction of sp³-hybridized carbons (Fsp3) is 0.207. The van der Waals surface area contributed by atoms with Crippen LogP contribution in [0, 0.1) is 5.82 Å². The molecule has 1 aromatic heterocycles. The third kappa shape index (κ3) is 5.25. The largest absolute Gasteiger partial charge is 0.497 e. The second-order valence-corrected chi connectivity index (χ2v) is 11.6. The lowest BCUT2D eigenvalue weighted by atomic mass is 10.0. The Bertz CT molecular complexity index is 1790. The summed E-state index contributed by atoms with van der Waals surface area (Å²) in [4.78, 5) is 31.6. The van der Waals surface area contributed by atoms with E-state index >= 15 is 0 Å². The Balaban J connectivity index is 1.65. The fourth-order valence-corrected chi connectivity index (χ4v) is 5.42. The number of fused-ring (bicyclic) bond motifs is 2. The van der Waals surface area contributed by atoms with E-state index in [1.54, 1.807) is 31.4 Å². The molecule has 0 saturated heterocycles. The highest BCUT2D eigenvalue weighted by Crippen LogP contribution is 2.45. The molecule has 41 heavy (non-hydrogen) atoms. The zero-order chi connectivity index (χ0) is 29.5. The standard InChI is InChI=1S/C29H26FN3O7S/c1-32(41(3,37)38)26-21-5-4-12-31-25(21)27(40-16-17-6-10-20(39-2)11-7-17)24-23(26)15-33(28(24)34)14-18-8-9-19(30)13-22(18)29(35)36/h4-13H,14-16H2,1-3H3,(H,35,36). The van der Waals surface area contributed by atoms with Gasteiger partial charge in [0.2, 0.25) is 10.0 Å². The number of nitrogens with zero attached hydrogens (tertiary/aromatic N) is 3. The van der Waals surface area contributed by atoms with Crippen molar-refractivity contribution in [3.63, 3.8) is 0 Å². The first-order valence-electron chi connectivity index (χ1n) is 12.4. The molecular weight excluding hydrogens is 553 g/mol. The smallest absolute Gasteiger partial charge is 0.336 e. The van der Waals surface area contributed by atoms with E-state index in [0.717, 1.165) is 28.3 Å².